The normalized spacial score (nSPS) is 11.4. The Bertz CT molecular complexity index is 1400. The molecule has 0 atom stereocenters. The van der Waals surface area contributed by atoms with E-state index in [1.165, 1.54) is 34.1 Å². The van der Waals surface area contributed by atoms with Crippen LogP contribution >= 0.6 is 35.3 Å². The largest absolute Gasteiger partial charge is 0.480 e. The predicted octanol–water partition coefficient (Wildman–Crippen LogP) is 4.65. The van der Waals surface area contributed by atoms with Crippen LogP contribution in [0.3, 0.4) is 0 Å². The van der Waals surface area contributed by atoms with E-state index >= 15 is 0 Å². The Morgan fingerprint density at radius 3 is 2.68 bits per heavy atom. The minimum atomic E-state index is -3.88. The Labute approximate surface area is 211 Å². The number of nitrogens with one attached hydrogen (secondary N) is 1. The fraction of sp³-hybridized carbons (Fsp3) is 0.136. The summed E-state index contributed by atoms with van der Waals surface area (Å²) in [6, 6.07) is 15.6. The van der Waals surface area contributed by atoms with Crippen molar-refractivity contribution in [2.45, 2.75) is 18.0 Å². The summed E-state index contributed by atoms with van der Waals surface area (Å²) in [5, 5.41) is 13.2. The number of anilines is 1. The zero-order chi connectivity index (χ0) is 23.4. The zero-order valence-corrected chi connectivity index (χ0v) is 20.8. The third-order valence-corrected chi connectivity index (χ3v) is 7.80. The van der Waals surface area contributed by atoms with Crippen molar-refractivity contribution in [3.8, 4) is 0 Å². The first-order chi connectivity index (χ1) is 15.8. The second kappa shape index (κ2) is 11.1. The number of aliphatic carboxylic acids is 1. The molecule has 0 bridgehead atoms. The van der Waals surface area contributed by atoms with Gasteiger partial charge >= 0.3 is 5.97 Å². The molecule has 0 fully saturated rings. The van der Waals surface area contributed by atoms with Crippen LogP contribution in [0.25, 0.3) is 10.1 Å². The van der Waals surface area contributed by atoms with Crippen molar-refractivity contribution in [1.29, 1.82) is 0 Å². The molecule has 4 rings (SSSR count). The summed E-state index contributed by atoms with van der Waals surface area (Å²) in [5.74, 6) is -0.669. The van der Waals surface area contributed by atoms with E-state index < -0.39 is 16.0 Å². The van der Waals surface area contributed by atoms with E-state index in [9.17, 15) is 13.2 Å². The lowest BCUT2D eigenvalue weighted by atomic mass is 10.2. The zero-order valence-electron chi connectivity index (χ0n) is 17.6. The molecule has 0 spiro atoms. The maximum Gasteiger partial charge on any atom is 0.322 e. The van der Waals surface area contributed by atoms with Gasteiger partial charge in [0.2, 0.25) is 10.0 Å². The molecule has 1 aromatic carbocycles. The third kappa shape index (κ3) is 6.22. The molecule has 8 nitrogen and oxygen atoms in total. The van der Waals surface area contributed by atoms with Gasteiger partial charge in [0.1, 0.15) is 17.3 Å². The maximum atomic E-state index is 13.5. The van der Waals surface area contributed by atoms with Gasteiger partial charge in [-0.15, -0.1) is 23.7 Å². The van der Waals surface area contributed by atoms with Gasteiger partial charge < -0.3 is 10.4 Å². The van der Waals surface area contributed by atoms with E-state index in [0.29, 0.717) is 16.5 Å². The number of rotatable bonds is 9. The van der Waals surface area contributed by atoms with Crippen molar-refractivity contribution in [3.05, 3.63) is 82.6 Å². The van der Waals surface area contributed by atoms with E-state index in [0.717, 1.165) is 15.0 Å². The molecule has 0 aliphatic heterocycles. The molecule has 12 heteroatoms. The van der Waals surface area contributed by atoms with Crippen molar-refractivity contribution >= 4 is 67.2 Å². The number of sulfonamides is 1. The number of nitrogens with zero attached hydrogens (tertiary/aromatic N) is 3. The first-order valence-corrected chi connectivity index (χ1v) is 12.4. The van der Waals surface area contributed by atoms with Gasteiger partial charge in [-0.25, -0.2) is 13.4 Å². The fourth-order valence-corrected chi connectivity index (χ4v) is 5.99. The monoisotopic (exact) mass is 538 g/mol. The molecule has 3 aromatic heterocycles. The Morgan fingerprint density at radius 2 is 1.94 bits per heavy atom. The van der Waals surface area contributed by atoms with Gasteiger partial charge in [0.15, 0.2) is 0 Å². The van der Waals surface area contributed by atoms with Gasteiger partial charge in [0.25, 0.3) is 0 Å². The number of halogens is 2. The first-order valence-electron chi connectivity index (χ1n) is 9.81. The van der Waals surface area contributed by atoms with Crippen LogP contribution in [0.1, 0.15) is 10.6 Å². The highest BCUT2D eigenvalue weighted by atomic mass is 35.5. The van der Waals surface area contributed by atoms with Crippen LogP contribution in [-0.2, 0) is 27.9 Å². The average Bonchev–Trinajstić information content (AvgIpc) is 3.19. The van der Waals surface area contributed by atoms with Crippen LogP contribution in [0.5, 0.6) is 0 Å². The lowest BCUT2D eigenvalue weighted by molar-refractivity contribution is -0.134. The van der Waals surface area contributed by atoms with Crippen molar-refractivity contribution in [3.63, 3.8) is 0 Å². The summed E-state index contributed by atoms with van der Waals surface area (Å²) in [6.07, 6.45) is 2.82. The fourth-order valence-electron chi connectivity index (χ4n) is 3.20. The molecule has 2 N–H and O–H groups in total. The summed E-state index contributed by atoms with van der Waals surface area (Å²) >= 11 is 7.57. The van der Waals surface area contributed by atoms with Gasteiger partial charge in [0.05, 0.1) is 12.2 Å². The summed E-state index contributed by atoms with van der Waals surface area (Å²) in [6.45, 7) is -0.171. The molecule has 34 heavy (non-hydrogen) atoms. The second-order valence-corrected chi connectivity index (χ2v) is 10.7. The quantitative estimate of drug-likeness (QED) is 0.318. The topological polar surface area (TPSA) is 112 Å². The lowest BCUT2D eigenvalue weighted by Gasteiger charge is -2.21. The highest BCUT2D eigenvalue weighted by Crippen LogP contribution is 2.30. The first kappa shape index (κ1) is 25.9. The number of fused-ring (bicyclic) bond motifs is 1. The number of carbonyl (C=O) groups is 1. The second-order valence-electron chi connectivity index (χ2n) is 7.12. The van der Waals surface area contributed by atoms with Gasteiger partial charge in [-0.05, 0) is 47.9 Å². The van der Waals surface area contributed by atoms with E-state index in [4.69, 9.17) is 16.7 Å². The number of carboxylic acid groups (broad SMARTS) is 1. The van der Waals surface area contributed by atoms with Gasteiger partial charge in [0, 0.05) is 33.5 Å². The minimum Gasteiger partial charge on any atom is -0.480 e. The van der Waals surface area contributed by atoms with E-state index in [-0.39, 0.29) is 36.9 Å². The number of aromatic nitrogens is 2. The Kier molecular flexibility index (Phi) is 8.45. The van der Waals surface area contributed by atoms with Crippen LogP contribution < -0.4 is 5.32 Å². The number of hydrogen-bond acceptors (Lipinski definition) is 7. The molecule has 0 aliphatic rings. The van der Waals surface area contributed by atoms with Gasteiger partial charge in [-0.2, -0.15) is 4.31 Å². The molecule has 0 saturated carbocycles. The third-order valence-electron chi connectivity index (χ3n) is 4.70. The van der Waals surface area contributed by atoms with Crippen molar-refractivity contribution in [2.75, 3.05) is 11.9 Å². The molecule has 0 amide bonds. The molecule has 0 saturated heterocycles. The standard InChI is InChI=1S/C22H19ClN4O4S2.ClH/c23-16-7-6-15-9-18(32-20(15)10-16)14-27(33(30,31)19-4-2-8-24-11-19)13-17-3-1-5-21(26-17)25-12-22(28)29;/h1-11H,12-14H2,(H,25,26)(H,28,29);1H. The maximum absolute atomic E-state index is 13.5. The predicted molar refractivity (Wildman–Crippen MR) is 135 cm³/mol. The molecule has 3 heterocycles. The molecule has 178 valence electrons. The van der Waals surface area contributed by atoms with E-state index in [2.05, 4.69) is 15.3 Å². The number of pyridine rings is 2. The SMILES string of the molecule is Cl.O=C(O)CNc1cccc(CN(Cc2cc3ccc(Cl)cc3s2)S(=O)(=O)c2cccnc2)n1. The van der Waals surface area contributed by atoms with E-state index in [1.54, 1.807) is 30.3 Å². The van der Waals surface area contributed by atoms with Crippen molar-refractivity contribution in [1.82, 2.24) is 14.3 Å². The van der Waals surface area contributed by atoms with Gasteiger partial charge in [-0.1, -0.05) is 23.7 Å². The molecule has 0 radical (unpaired) electrons. The average molecular weight is 539 g/mol. The lowest BCUT2D eigenvalue weighted by Crippen LogP contribution is -2.30. The smallest absolute Gasteiger partial charge is 0.322 e. The minimum absolute atomic E-state index is 0. The van der Waals surface area contributed by atoms with Crippen LogP contribution in [0, 0.1) is 0 Å². The van der Waals surface area contributed by atoms with Crippen LogP contribution in [-0.4, -0.2) is 40.3 Å². The highest BCUT2D eigenvalue weighted by molar-refractivity contribution is 7.89. The number of thiophene rings is 1. The Hall–Kier alpha value is -2.76. The summed E-state index contributed by atoms with van der Waals surface area (Å²) in [4.78, 5) is 20.1. The van der Waals surface area contributed by atoms with Crippen LogP contribution in [0.2, 0.25) is 5.02 Å². The summed E-state index contributed by atoms with van der Waals surface area (Å²) in [7, 11) is -3.88. The van der Waals surface area contributed by atoms with Crippen molar-refractivity contribution in [2.24, 2.45) is 0 Å². The summed E-state index contributed by atoms with van der Waals surface area (Å²) < 4.78 is 29.2. The van der Waals surface area contributed by atoms with E-state index in [1.807, 2.05) is 18.2 Å². The van der Waals surface area contributed by atoms with Crippen LogP contribution in [0.4, 0.5) is 5.82 Å². The van der Waals surface area contributed by atoms with Crippen LogP contribution in [0.15, 0.2) is 71.9 Å². The molecular formula is C22H20Cl2N4O4S2. The molecule has 4 aromatic rings. The summed E-state index contributed by atoms with van der Waals surface area (Å²) in [5.41, 5.74) is 0.474. The highest BCUT2D eigenvalue weighted by Gasteiger charge is 2.26. The Balaban J connectivity index is 0.00000324. The van der Waals surface area contributed by atoms with Crippen molar-refractivity contribution < 1.29 is 18.3 Å². The molecular weight excluding hydrogens is 519 g/mol. The Morgan fingerprint density at radius 1 is 1.12 bits per heavy atom. The van der Waals surface area contributed by atoms with Gasteiger partial charge in [-0.3, -0.25) is 9.78 Å². The number of carboxylic acids is 1. The molecule has 0 aliphatic carbocycles. The number of benzene rings is 1. The molecule has 0 unspecified atom stereocenters. The number of hydrogen-bond donors (Lipinski definition) is 2.